The van der Waals surface area contributed by atoms with Crippen LogP contribution < -0.4 is 0 Å². The first-order chi connectivity index (χ1) is 9.51. The van der Waals surface area contributed by atoms with Gasteiger partial charge in [-0.25, -0.2) is 0 Å². The van der Waals surface area contributed by atoms with Gasteiger partial charge in [0.1, 0.15) is 23.9 Å². The Morgan fingerprint density at radius 2 is 1.95 bits per heavy atom. The lowest BCUT2D eigenvalue weighted by Crippen LogP contribution is -2.47. The van der Waals surface area contributed by atoms with Gasteiger partial charge in [0.15, 0.2) is 6.29 Å². The highest BCUT2D eigenvalue weighted by atomic mass is 35.5. The molecule has 0 radical (unpaired) electrons. The first kappa shape index (κ1) is 14.6. The molecule has 0 saturated carbocycles. The third-order valence-corrected chi connectivity index (χ3v) is 4.84. The lowest BCUT2D eigenvalue weighted by atomic mass is 9.89. The number of methoxy groups -OCH3 is 2. The van der Waals surface area contributed by atoms with Crippen LogP contribution in [0.2, 0.25) is 10.0 Å². The molecule has 0 N–H and O–H groups in total. The van der Waals surface area contributed by atoms with Gasteiger partial charge in [-0.2, -0.15) is 0 Å². The van der Waals surface area contributed by atoms with Crippen molar-refractivity contribution >= 4 is 23.2 Å². The van der Waals surface area contributed by atoms with E-state index in [1.54, 1.807) is 26.4 Å². The summed E-state index contributed by atoms with van der Waals surface area (Å²) in [4.78, 5) is 0. The molecular weight excluding hydrogens is 303 g/mol. The third-order valence-electron chi connectivity index (χ3n) is 4.10. The maximum Gasteiger partial charge on any atom is 0.188 e. The van der Waals surface area contributed by atoms with Crippen LogP contribution in [0.15, 0.2) is 18.2 Å². The molecule has 6 heteroatoms. The molecule has 0 amide bonds. The Morgan fingerprint density at radius 3 is 2.55 bits per heavy atom. The zero-order valence-corrected chi connectivity index (χ0v) is 12.9. The van der Waals surface area contributed by atoms with E-state index in [9.17, 15) is 0 Å². The van der Waals surface area contributed by atoms with Crippen molar-refractivity contribution in [2.24, 2.45) is 0 Å². The summed E-state index contributed by atoms with van der Waals surface area (Å²) in [6, 6.07) is 5.43. The molecule has 5 atom stereocenters. The molecule has 0 bridgehead atoms. The molecule has 2 fully saturated rings. The third kappa shape index (κ3) is 2.15. The lowest BCUT2D eigenvalue weighted by molar-refractivity contribution is -0.177. The average Bonchev–Trinajstić information content (AvgIpc) is 3.16. The number of hydrogen-bond donors (Lipinski definition) is 0. The molecule has 0 unspecified atom stereocenters. The molecule has 2 heterocycles. The smallest absolute Gasteiger partial charge is 0.188 e. The molecule has 0 aromatic heterocycles. The van der Waals surface area contributed by atoms with Crippen LogP contribution >= 0.6 is 23.2 Å². The van der Waals surface area contributed by atoms with E-state index in [2.05, 4.69) is 0 Å². The molecule has 20 heavy (non-hydrogen) atoms. The largest absolute Gasteiger partial charge is 0.374 e. The quantitative estimate of drug-likeness (QED) is 0.799. The van der Waals surface area contributed by atoms with Crippen LogP contribution in [0.25, 0.3) is 0 Å². The Bertz CT molecular complexity index is 524. The first-order valence-electron chi connectivity index (χ1n) is 6.35. The number of ether oxygens (including phenoxy) is 4. The van der Waals surface area contributed by atoms with Crippen LogP contribution in [0.1, 0.15) is 18.6 Å². The molecule has 110 valence electrons. The number of fused-ring (bicyclic) bond motifs is 1. The van der Waals surface area contributed by atoms with Crippen molar-refractivity contribution < 1.29 is 18.9 Å². The molecule has 2 saturated heterocycles. The van der Waals surface area contributed by atoms with Crippen molar-refractivity contribution in [3.05, 3.63) is 33.8 Å². The van der Waals surface area contributed by atoms with Gasteiger partial charge in [0.05, 0.1) is 10.0 Å². The predicted molar refractivity (Wildman–Crippen MR) is 75.2 cm³/mol. The summed E-state index contributed by atoms with van der Waals surface area (Å²) in [5.74, 6) is 0. The zero-order chi connectivity index (χ0) is 14.5. The average molecular weight is 319 g/mol. The fourth-order valence-corrected chi connectivity index (χ4v) is 3.08. The Morgan fingerprint density at radius 1 is 1.20 bits per heavy atom. The molecule has 2 aliphatic heterocycles. The van der Waals surface area contributed by atoms with Gasteiger partial charge in [-0.1, -0.05) is 29.3 Å². The van der Waals surface area contributed by atoms with E-state index >= 15 is 0 Å². The van der Waals surface area contributed by atoms with Gasteiger partial charge in [0.2, 0.25) is 0 Å². The number of hydrogen-bond acceptors (Lipinski definition) is 4. The molecule has 1 aromatic carbocycles. The Labute approximate surface area is 127 Å². The zero-order valence-electron chi connectivity index (χ0n) is 11.4. The minimum Gasteiger partial charge on any atom is -0.374 e. The fraction of sp³-hybridized carbons (Fsp3) is 0.571. The van der Waals surface area contributed by atoms with Crippen molar-refractivity contribution in [2.75, 3.05) is 14.2 Å². The van der Waals surface area contributed by atoms with E-state index in [1.807, 2.05) is 13.0 Å². The number of epoxide rings is 1. The predicted octanol–water partition coefficient (Wildman–Crippen LogP) is 3.21. The SMILES string of the molecule is CO[C@H](c1ccc(Cl)c(Cl)c1)[C@H]1O[C@@H]2O[C@@H]2[C@]1(C)OC. The Kier molecular flexibility index (Phi) is 3.73. The second kappa shape index (κ2) is 5.13. The van der Waals surface area contributed by atoms with Gasteiger partial charge < -0.3 is 18.9 Å². The Balaban J connectivity index is 1.92. The van der Waals surface area contributed by atoms with Gasteiger partial charge >= 0.3 is 0 Å². The summed E-state index contributed by atoms with van der Waals surface area (Å²) in [5.41, 5.74) is 0.355. The van der Waals surface area contributed by atoms with Gasteiger partial charge in [-0.3, -0.25) is 0 Å². The maximum atomic E-state index is 6.08. The van der Waals surface area contributed by atoms with Crippen LogP contribution in [0.3, 0.4) is 0 Å². The summed E-state index contributed by atoms with van der Waals surface area (Å²) in [7, 11) is 3.29. The molecule has 2 aliphatic rings. The van der Waals surface area contributed by atoms with Crippen LogP contribution in [0.5, 0.6) is 0 Å². The van der Waals surface area contributed by atoms with Gasteiger partial charge in [-0.05, 0) is 24.6 Å². The van der Waals surface area contributed by atoms with E-state index in [4.69, 9.17) is 42.1 Å². The van der Waals surface area contributed by atoms with Crippen LogP contribution in [0, 0.1) is 0 Å². The van der Waals surface area contributed by atoms with Crippen molar-refractivity contribution in [1.82, 2.24) is 0 Å². The minimum atomic E-state index is -0.544. The first-order valence-corrected chi connectivity index (χ1v) is 7.10. The molecular formula is C14H16Cl2O4. The monoisotopic (exact) mass is 318 g/mol. The van der Waals surface area contributed by atoms with E-state index in [0.29, 0.717) is 10.0 Å². The maximum absolute atomic E-state index is 6.08. The highest BCUT2D eigenvalue weighted by Gasteiger charge is 2.67. The summed E-state index contributed by atoms with van der Waals surface area (Å²) >= 11 is 12.0. The normalized spacial score (nSPS) is 36.8. The van der Waals surface area contributed by atoms with Gasteiger partial charge in [0.25, 0.3) is 0 Å². The van der Waals surface area contributed by atoms with Crippen molar-refractivity contribution in [3.63, 3.8) is 0 Å². The van der Waals surface area contributed by atoms with Gasteiger partial charge in [0, 0.05) is 14.2 Å². The molecule has 1 aromatic rings. The second-order valence-corrected chi connectivity index (χ2v) is 6.01. The molecule has 3 rings (SSSR count). The van der Waals surface area contributed by atoms with Gasteiger partial charge in [-0.15, -0.1) is 0 Å². The van der Waals surface area contributed by atoms with Crippen LogP contribution in [-0.2, 0) is 18.9 Å². The fourth-order valence-electron chi connectivity index (χ4n) is 2.78. The summed E-state index contributed by atoms with van der Waals surface area (Å²) in [6.45, 7) is 1.97. The van der Waals surface area contributed by atoms with Crippen molar-refractivity contribution in [3.8, 4) is 0 Å². The van der Waals surface area contributed by atoms with E-state index < -0.39 is 5.60 Å². The molecule has 4 nitrogen and oxygen atoms in total. The summed E-state index contributed by atoms with van der Waals surface area (Å²) in [5, 5.41) is 1.00. The molecule has 0 spiro atoms. The topological polar surface area (TPSA) is 40.2 Å². The van der Waals surface area contributed by atoms with Crippen molar-refractivity contribution in [2.45, 2.75) is 37.1 Å². The molecule has 0 aliphatic carbocycles. The standard InChI is InChI=1S/C14H16Cl2O4/c1-14(18-3)11(19-13-12(14)20-13)10(17-2)7-4-5-8(15)9(16)6-7/h4-6,10-13H,1-3H3/t10-,11-,12+,13-,14-/m1/s1. The van der Waals surface area contributed by atoms with E-state index in [1.165, 1.54) is 0 Å². The highest BCUT2D eigenvalue weighted by Crippen LogP contribution is 2.51. The lowest BCUT2D eigenvalue weighted by Gasteiger charge is -2.35. The number of benzene rings is 1. The number of rotatable bonds is 4. The van der Waals surface area contributed by atoms with Crippen LogP contribution in [0.4, 0.5) is 0 Å². The highest BCUT2D eigenvalue weighted by molar-refractivity contribution is 6.42. The second-order valence-electron chi connectivity index (χ2n) is 5.20. The van der Waals surface area contributed by atoms with Crippen LogP contribution in [-0.4, -0.2) is 38.3 Å². The number of halogens is 2. The summed E-state index contributed by atoms with van der Waals surface area (Å²) < 4.78 is 22.5. The minimum absolute atomic E-state index is 0.0436. The Hall–Kier alpha value is -0.360. The van der Waals surface area contributed by atoms with Crippen molar-refractivity contribution in [1.29, 1.82) is 0 Å². The van der Waals surface area contributed by atoms with E-state index in [0.717, 1.165) is 5.56 Å². The van der Waals surface area contributed by atoms with E-state index in [-0.39, 0.29) is 24.6 Å². The summed E-state index contributed by atoms with van der Waals surface area (Å²) in [6.07, 6.45) is -0.812.